The lowest BCUT2D eigenvalue weighted by molar-refractivity contribution is -0.0430. The topological polar surface area (TPSA) is 111 Å². The van der Waals surface area contributed by atoms with Crippen molar-refractivity contribution < 1.29 is 19.1 Å². The predicted octanol–water partition coefficient (Wildman–Crippen LogP) is 2.76. The van der Waals surface area contributed by atoms with Crippen molar-refractivity contribution in [2.45, 2.75) is 62.6 Å². The quantitative estimate of drug-likeness (QED) is 0.614. The number of nitrogens with one attached hydrogen (secondary N) is 1. The minimum absolute atomic E-state index is 0.0246. The van der Waals surface area contributed by atoms with Gasteiger partial charge in [0.1, 0.15) is 6.10 Å². The number of carbonyl (C=O) groups is 1. The molecule has 0 amide bonds. The van der Waals surface area contributed by atoms with Gasteiger partial charge in [-0.25, -0.2) is 4.79 Å². The normalized spacial score (nSPS) is 23.9. The van der Waals surface area contributed by atoms with Crippen molar-refractivity contribution in [1.82, 2.24) is 9.55 Å². The molecule has 174 valence electrons. The van der Waals surface area contributed by atoms with Gasteiger partial charge in [-0.1, -0.05) is 62.9 Å². The van der Waals surface area contributed by atoms with Crippen LogP contribution in [0.4, 0.5) is 0 Å². The number of aromatic amines is 1. The van der Waals surface area contributed by atoms with Crippen molar-refractivity contribution in [3.05, 3.63) is 69.0 Å². The Morgan fingerprint density at radius 3 is 2.47 bits per heavy atom. The van der Waals surface area contributed by atoms with Crippen LogP contribution in [0.15, 0.2) is 52.2 Å². The maximum Gasteiger partial charge on any atom is 0.330 e. The van der Waals surface area contributed by atoms with Crippen LogP contribution in [0.2, 0.25) is 18.1 Å². The fourth-order valence-electron chi connectivity index (χ4n) is 3.11. The molecule has 1 aromatic heterocycles. The van der Waals surface area contributed by atoms with E-state index in [9.17, 15) is 19.5 Å². The summed E-state index contributed by atoms with van der Waals surface area (Å²) in [6, 6.07) is 9.92. The van der Waals surface area contributed by atoms with E-state index in [1.165, 1.54) is 16.8 Å². The minimum atomic E-state index is -2.11. The number of hydrogen-bond donors (Lipinski definition) is 2. The number of aromatic nitrogens is 2. The number of hydrogen-bond acceptors (Lipinski definition) is 7. The zero-order valence-electron chi connectivity index (χ0n) is 18.9. The van der Waals surface area contributed by atoms with E-state index in [-0.39, 0.29) is 16.8 Å². The van der Waals surface area contributed by atoms with Crippen LogP contribution in [0, 0.1) is 0 Å². The summed E-state index contributed by atoms with van der Waals surface area (Å²) in [7, 11) is -2.11. The van der Waals surface area contributed by atoms with Crippen LogP contribution in [0.1, 0.15) is 37.4 Å². The molecule has 2 aromatic rings. The van der Waals surface area contributed by atoms with Gasteiger partial charge in [0.2, 0.25) is 5.12 Å². The van der Waals surface area contributed by atoms with Crippen LogP contribution in [0.3, 0.4) is 0 Å². The van der Waals surface area contributed by atoms with Gasteiger partial charge in [-0.15, -0.1) is 0 Å². The number of carbonyl (C=O) groups excluding carboxylic acids is 1. The molecule has 32 heavy (non-hydrogen) atoms. The van der Waals surface area contributed by atoms with Crippen LogP contribution in [0.25, 0.3) is 0 Å². The van der Waals surface area contributed by atoms with Gasteiger partial charge in [-0.05, 0) is 18.1 Å². The Kier molecular flexibility index (Phi) is 7.30. The molecule has 2 N–H and O–H groups in total. The predicted molar refractivity (Wildman–Crippen MR) is 127 cm³/mol. The SMILES string of the molecule is CC(C)(C)[Si](C)(C)OC[C@@H]1O[C@H](n2ccc(=O)[nH]c2=O)C(SC(=O)c2ccccc2)C1O. The Morgan fingerprint density at radius 2 is 1.88 bits per heavy atom. The van der Waals surface area contributed by atoms with Gasteiger partial charge in [0, 0.05) is 17.8 Å². The Hall–Kier alpha value is -1.98. The average molecular weight is 479 g/mol. The van der Waals surface area contributed by atoms with Crippen molar-refractivity contribution in [3.8, 4) is 0 Å². The van der Waals surface area contributed by atoms with Crippen LogP contribution >= 0.6 is 11.8 Å². The molecular formula is C22H30N2O6SSi. The first-order chi connectivity index (χ1) is 14.9. The number of rotatable bonds is 6. The van der Waals surface area contributed by atoms with Gasteiger partial charge in [-0.2, -0.15) is 0 Å². The number of ether oxygens (including phenoxy) is 1. The minimum Gasteiger partial charge on any atom is -0.414 e. The van der Waals surface area contributed by atoms with Gasteiger partial charge in [0.05, 0.1) is 18.0 Å². The molecule has 0 aliphatic carbocycles. The fourth-order valence-corrected chi connectivity index (χ4v) is 5.27. The van der Waals surface area contributed by atoms with Crippen LogP contribution in [-0.2, 0) is 9.16 Å². The lowest BCUT2D eigenvalue weighted by atomic mass is 10.2. The van der Waals surface area contributed by atoms with Gasteiger partial charge in [-0.3, -0.25) is 19.1 Å². The second kappa shape index (κ2) is 9.48. The molecular weight excluding hydrogens is 448 g/mol. The summed E-state index contributed by atoms with van der Waals surface area (Å²) in [6.07, 6.45) is -1.41. The maximum absolute atomic E-state index is 12.8. The summed E-state index contributed by atoms with van der Waals surface area (Å²) in [4.78, 5) is 39.0. The van der Waals surface area contributed by atoms with Crippen LogP contribution < -0.4 is 11.2 Å². The first kappa shape index (κ1) is 24.7. The molecule has 1 fully saturated rings. The zero-order chi connectivity index (χ0) is 23.7. The largest absolute Gasteiger partial charge is 0.414 e. The van der Waals surface area contributed by atoms with Gasteiger partial charge in [0.15, 0.2) is 14.5 Å². The maximum atomic E-state index is 12.8. The molecule has 10 heteroatoms. The standard InChI is InChI=1S/C22H30N2O6SSi/c1-22(2,3)32(4,5)29-13-15-17(26)18(31-20(27)14-9-7-6-8-10-14)19(30-15)24-12-11-16(25)23-21(24)28/h6-12,15,17-19,26H,13H2,1-5H3,(H,23,25,28)/t15-,17?,18?,19-/m0/s1. The van der Waals surface area contributed by atoms with Crippen molar-refractivity contribution in [3.63, 3.8) is 0 Å². The van der Waals surface area contributed by atoms with Gasteiger partial charge in [0.25, 0.3) is 5.56 Å². The first-order valence-corrected chi connectivity index (χ1v) is 14.2. The van der Waals surface area contributed by atoms with Gasteiger partial charge >= 0.3 is 5.69 Å². The second-order valence-electron chi connectivity index (χ2n) is 9.38. The van der Waals surface area contributed by atoms with E-state index >= 15 is 0 Å². The first-order valence-electron chi connectivity index (χ1n) is 10.5. The highest BCUT2D eigenvalue weighted by Gasteiger charge is 2.48. The Labute approximate surface area is 192 Å². The molecule has 3 rings (SSSR count). The number of benzene rings is 1. The fraction of sp³-hybridized carbons (Fsp3) is 0.500. The monoisotopic (exact) mass is 478 g/mol. The summed E-state index contributed by atoms with van der Waals surface area (Å²) in [5.74, 6) is 0. The third-order valence-corrected chi connectivity index (χ3v) is 11.8. The van der Waals surface area contributed by atoms with Crippen molar-refractivity contribution >= 4 is 25.2 Å². The zero-order valence-corrected chi connectivity index (χ0v) is 20.7. The van der Waals surface area contributed by atoms with E-state index in [0.29, 0.717) is 5.56 Å². The molecule has 1 aromatic carbocycles. The summed E-state index contributed by atoms with van der Waals surface area (Å²) in [5, 5.41) is 10.0. The molecule has 8 nitrogen and oxygen atoms in total. The van der Waals surface area contributed by atoms with E-state index in [4.69, 9.17) is 9.16 Å². The van der Waals surface area contributed by atoms with E-state index in [2.05, 4.69) is 38.8 Å². The van der Waals surface area contributed by atoms with Crippen LogP contribution in [-0.4, -0.2) is 52.2 Å². The Bertz CT molecular complexity index is 1060. The number of nitrogens with zero attached hydrogens (tertiary/aromatic N) is 1. The highest BCUT2D eigenvalue weighted by Crippen LogP contribution is 2.41. The molecule has 0 radical (unpaired) electrons. The van der Waals surface area contributed by atoms with Crippen LogP contribution in [0.5, 0.6) is 0 Å². The van der Waals surface area contributed by atoms with E-state index < -0.39 is 43.3 Å². The van der Waals surface area contributed by atoms with Gasteiger partial charge < -0.3 is 14.3 Å². The highest BCUT2D eigenvalue weighted by atomic mass is 32.2. The van der Waals surface area contributed by atoms with Crippen molar-refractivity contribution in [1.29, 1.82) is 0 Å². The lowest BCUT2D eigenvalue weighted by Gasteiger charge is -2.37. The van der Waals surface area contributed by atoms with E-state index in [1.54, 1.807) is 24.3 Å². The average Bonchev–Trinajstić information content (AvgIpc) is 3.02. The summed E-state index contributed by atoms with van der Waals surface area (Å²) < 4.78 is 13.5. The molecule has 0 bridgehead atoms. The molecule has 4 atom stereocenters. The summed E-state index contributed by atoms with van der Waals surface area (Å²) in [5.41, 5.74) is -0.719. The van der Waals surface area contributed by atoms with Crippen molar-refractivity contribution in [2.75, 3.05) is 6.61 Å². The molecule has 0 saturated carbocycles. The molecule has 2 heterocycles. The number of thioether (sulfide) groups is 1. The second-order valence-corrected chi connectivity index (χ2v) is 15.3. The summed E-state index contributed by atoms with van der Waals surface area (Å²) in [6.45, 7) is 10.7. The molecule has 1 saturated heterocycles. The number of aliphatic hydroxyl groups excluding tert-OH is 1. The highest BCUT2D eigenvalue weighted by molar-refractivity contribution is 8.14. The molecule has 2 unspecified atom stereocenters. The van der Waals surface area contributed by atoms with Crippen molar-refractivity contribution in [2.24, 2.45) is 0 Å². The van der Waals surface area contributed by atoms with E-state index in [1.807, 2.05) is 6.07 Å². The number of H-pyrrole nitrogens is 1. The Balaban J connectivity index is 1.87. The number of aliphatic hydroxyl groups is 1. The third-order valence-electron chi connectivity index (χ3n) is 6.11. The smallest absolute Gasteiger partial charge is 0.330 e. The molecule has 1 aliphatic heterocycles. The summed E-state index contributed by atoms with van der Waals surface area (Å²) >= 11 is 0.917. The lowest BCUT2D eigenvalue weighted by Crippen LogP contribution is -2.44. The Morgan fingerprint density at radius 1 is 1.22 bits per heavy atom. The third kappa shape index (κ3) is 5.32. The molecule has 1 aliphatic rings. The van der Waals surface area contributed by atoms with E-state index in [0.717, 1.165) is 11.8 Å². The molecule has 0 spiro atoms.